The Labute approximate surface area is 131 Å². The molecule has 0 heterocycles. The van der Waals surface area contributed by atoms with Crippen LogP contribution in [-0.2, 0) is 10.0 Å². The van der Waals surface area contributed by atoms with Crippen molar-refractivity contribution in [1.82, 2.24) is 4.72 Å². The van der Waals surface area contributed by atoms with E-state index in [9.17, 15) is 12.8 Å². The molecule has 118 valence electrons. The Kier molecular flexibility index (Phi) is 4.68. The molecule has 1 N–H and O–H groups in total. The van der Waals surface area contributed by atoms with Crippen molar-refractivity contribution in [2.45, 2.75) is 38.6 Å². The number of rotatable bonds is 4. The highest BCUT2D eigenvalue weighted by Gasteiger charge is 2.22. The molecule has 0 aliphatic carbocycles. The van der Waals surface area contributed by atoms with Crippen molar-refractivity contribution in [1.29, 1.82) is 0 Å². The first-order chi connectivity index (χ1) is 10.2. The molecule has 3 nitrogen and oxygen atoms in total. The largest absolute Gasteiger partial charge is 0.241 e. The predicted molar refractivity (Wildman–Crippen MR) is 85.8 cm³/mol. The molecule has 1 unspecified atom stereocenters. The molecule has 0 saturated heterocycles. The van der Waals surface area contributed by atoms with Crippen molar-refractivity contribution < 1.29 is 12.8 Å². The van der Waals surface area contributed by atoms with Crippen LogP contribution in [0.15, 0.2) is 41.3 Å². The molecular formula is C17H20FNO2S. The molecule has 5 heteroatoms. The topological polar surface area (TPSA) is 46.2 Å². The minimum Gasteiger partial charge on any atom is -0.207 e. The second-order valence-corrected chi connectivity index (χ2v) is 7.27. The lowest BCUT2D eigenvalue weighted by molar-refractivity contribution is 0.565. The van der Waals surface area contributed by atoms with Crippen molar-refractivity contribution >= 4 is 10.0 Å². The van der Waals surface area contributed by atoms with Crippen molar-refractivity contribution in [3.63, 3.8) is 0 Å². The van der Waals surface area contributed by atoms with Gasteiger partial charge in [0.2, 0.25) is 10.0 Å². The Morgan fingerprint density at radius 3 is 2.00 bits per heavy atom. The van der Waals surface area contributed by atoms with E-state index in [4.69, 9.17) is 0 Å². The van der Waals surface area contributed by atoms with E-state index < -0.39 is 16.1 Å². The first kappa shape index (κ1) is 16.6. The third-order valence-corrected chi connectivity index (χ3v) is 5.42. The number of halogens is 1. The summed E-state index contributed by atoms with van der Waals surface area (Å²) in [4.78, 5) is 0.312. The normalized spacial score (nSPS) is 13.1. The summed E-state index contributed by atoms with van der Waals surface area (Å²) in [5.74, 6) is -0.343. The monoisotopic (exact) mass is 321 g/mol. The highest BCUT2D eigenvalue weighted by Crippen LogP contribution is 2.24. The number of hydrogen-bond donors (Lipinski definition) is 1. The third kappa shape index (κ3) is 3.54. The molecule has 2 rings (SSSR count). The molecule has 1 atom stereocenters. The Morgan fingerprint density at radius 2 is 1.50 bits per heavy atom. The van der Waals surface area contributed by atoms with E-state index in [2.05, 4.69) is 4.72 Å². The maximum Gasteiger partial charge on any atom is 0.241 e. The van der Waals surface area contributed by atoms with Crippen LogP contribution in [0.25, 0.3) is 0 Å². The van der Waals surface area contributed by atoms with Gasteiger partial charge in [-0.2, -0.15) is 0 Å². The molecule has 2 aromatic rings. The lowest BCUT2D eigenvalue weighted by Crippen LogP contribution is -2.28. The highest BCUT2D eigenvalue weighted by molar-refractivity contribution is 7.89. The molecule has 0 aromatic heterocycles. The maximum atomic E-state index is 13.0. The quantitative estimate of drug-likeness (QED) is 0.931. The summed E-state index contributed by atoms with van der Waals surface area (Å²) in [7, 11) is -3.64. The number of aryl methyl sites for hydroxylation is 3. The van der Waals surface area contributed by atoms with Gasteiger partial charge >= 0.3 is 0 Å². The van der Waals surface area contributed by atoms with Crippen LogP contribution in [0.2, 0.25) is 0 Å². The minimum absolute atomic E-state index is 0.312. The smallest absolute Gasteiger partial charge is 0.207 e. The summed E-state index contributed by atoms with van der Waals surface area (Å²) in [5.41, 5.74) is 3.18. The second-order valence-electron chi connectivity index (χ2n) is 5.62. The zero-order valence-corrected chi connectivity index (χ0v) is 14.0. The summed E-state index contributed by atoms with van der Waals surface area (Å²) in [6.45, 7) is 7.25. The first-order valence-electron chi connectivity index (χ1n) is 7.06. The molecule has 0 fully saturated rings. The number of benzene rings is 2. The lowest BCUT2D eigenvalue weighted by atomic mass is 10.1. The highest BCUT2D eigenvalue weighted by atomic mass is 32.2. The van der Waals surface area contributed by atoms with Gasteiger partial charge in [0.05, 0.1) is 4.90 Å². The molecule has 22 heavy (non-hydrogen) atoms. The van der Waals surface area contributed by atoms with Gasteiger partial charge in [-0.15, -0.1) is 0 Å². The first-order valence-corrected chi connectivity index (χ1v) is 8.54. The van der Waals surface area contributed by atoms with Crippen LogP contribution in [0, 0.1) is 26.6 Å². The van der Waals surface area contributed by atoms with Gasteiger partial charge < -0.3 is 0 Å². The minimum atomic E-state index is -3.64. The van der Waals surface area contributed by atoms with E-state index >= 15 is 0 Å². The Balaban J connectivity index is 2.34. The Morgan fingerprint density at radius 1 is 1.00 bits per heavy atom. The predicted octanol–water partition coefficient (Wildman–Crippen LogP) is 3.79. The summed E-state index contributed by atoms with van der Waals surface area (Å²) in [5, 5.41) is 0. The van der Waals surface area contributed by atoms with Gasteiger partial charge in [-0.1, -0.05) is 29.8 Å². The molecule has 0 radical (unpaired) electrons. The van der Waals surface area contributed by atoms with Crippen molar-refractivity contribution in [2.24, 2.45) is 0 Å². The number of hydrogen-bond acceptors (Lipinski definition) is 2. The van der Waals surface area contributed by atoms with Gasteiger partial charge in [0.15, 0.2) is 0 Å². The van der Waals surface area contributed by atoms with E-state index in [0.717, 1.165) is 16.7 Å². The summed E-state index contributed by atoms with van der Waals surface area (Å²) in [6, 6.07) is 9.07. The fourth-order valence-corrected chi connectivity index (χ4v) is 4.39. The number of nitrogens with one attached hydrogen (secondary N) is 1. The molecular weight excluding hydrogens is 301 g/mol. The van der Waals surface area contributed by atoms with Crippen LogP contribution in [0.4, 0.5) is 4.39 Å². The van der Waals surface area contributed by atoms with Gasteiger partial charge in [-0.3, -0.25) is 0 Å². The maximum absolute atomic E-state index is 13.0. The summed E-state index contributed by atoms with van der Waals surface area (Å²) >= 11 is 0. The standard InChI is InChI=1S/C17H20FNO2S/c1-11-9-12(2)17(13(3)10-11)22(20,21)19-14(4)15-5-7-16(18)8-6-15/h5-10,14,19H,1-4H3. The molecule has 0 aliphatic heterocycles. The van der Waals surface area contributed by atoms with E-state index in [1.54, 1.807) is 32.9 Å². The molecule has 0 aliphatic rings. The molecule has 0 amide bonds. The average Bonchev–Trinajstić information content (AvgIpc) is 2.36. The summed E-state index contributed by atoms with van der Waals surface area (Å²) < 4.78 is 40.9. The average molecular weight is 321 g/mol. The van der Waals surface area contributed by atoms with E-state index in [0.29, 0.717) is 10.5 Å². The van der Waals surface area contributed by atoms with Crippen molar-refractivity contribution in [3.05, 3.63) is 64.5 Å². The van der Waals surface area contributed by atoms with Crippen molar-refractivity contribution in [2.75, 3.05) is 0 Å². The molecule has 0 saturated carbocycles. The number of sulfonamides is 1. The van der Waals surface area contributed by atoms with E-state index in [1.807, 2.05) is 19.1 Å². The van der Waals surface area contributed by atoms with Crippen molar-refractivity contribution in [3.8, 4) is 0 Å². The van der Waals surface area contributed by atoms with Crippen LogP contribution in [0.3, 0.4) is 0 Å². The lowest BCUT2D eigenvalue weighted by Gasteiger charge is -2.18. The fraction of sp³-hybridized carbons (Fsp3) is 0.294. The molecule has 0 spiro atoms. The Hall–Kier alpha value is -1.72. The zero-order valence-electron chi connectivity index (χ0n) is 13.1. The summed E-state index contributed by atoms with van der Waals surface area (Å²) in [6.07, 6.45) is 0. The van der Waals surface area contributed by atoms with Gasteiger partial charge in [0.25, 0.3) is 0 Å². The second kappa shape index (κ2) is 6.18. The van der Waals surface area contributed by atoms with Crippen LogP contribution >= 0.6 is 0 Å². The SMILES string of the molecule is Cc1cc(C)c(S(=O)(=O)NC(C)c2ccc(F)cc2)c(C)c1. The van der Waals surface area contributed by atoms with Gasteiger partial charge in [0.1, 0.15) is 5.82 Å². The van der Waals surface area contributed by atoms with Crippen LogP contribution in [0.5, 0.6) is 0 Å². The van der Waals surface area contributed by atoms with Crippen LogP contribution in [0.1, 0.15) is 35.2 Å². The van der Waals surface area contributed by atoms with Gasteiger partial charge in [-0.05, 0) is 56.5 Å². The van der Waals surface area contributed by atoms with E-state index in [1.165, 1.54) is 12.1 Å². The molecule has 2 aromatic carbocycles. The van der Waals surface area contributed by atoms with Crippen LogP contribution < -0.4 is 4.72 Å². The third-order valence-electron chi connectivity index (χ3n) is 3.58. The molecule has 0 bridgehead atoms. The van der Waals surface area contributed by atoms with E-state index in [-0.39, 0.29) is 5.82 Å². The van der Waals surface area contributed by atoms with Crippen LogP contribution in [-0.4, -0.2) is 8.42 Å². The van der Waals surface area contributed by atoms with Gasteiger partial charge in [-0.25, -0.2) is 17.5 Å². The zero-order chi connectivity index (χ0) is 16.5. The Bertz CT molecular complexity index is 760. The van der Waals surface area contributed by atoms with Gasteiger partial charge in [0, 0.05) is 6.04 Å². The fourth-order valence-electron chi connectivity index (χ4n) is 2.70.